The summed E-state index contributed by atoms with van der Waals surface area (Å²) in [6.45, 7) is 2.51. The number of amides is 1. The molecule has 27 heavy (non-hydrogen) atoms. The first-order chi connectivity index (χ1) is 13.0. The molecule has 0 aliphatic rings. The SMILES string of the molecule is COc1cccc(CNC(=O)c2c(C)nn(Cc3ccccc3Cl)c2Cl)c1. The first-order valence-electron chi connectivity index (χ1n) is 8.37. The maximum absolute atomic E-state index is 12.6. The third kappa shape index (κ3) is 4.43. The highest BCUT2D eigenvalue weighted by atomic mass is 35.5. The first kappa shape index (κ1) is 19.3. The van der Waals surface area contributed by atoms with Gasteiger partial charge in [0.05, 0.1) is 24.9 Å². The van der Waals surface area contributed by atoms with Gasteiger partial charge >= 0.3 is 0 Å². The lowest BCUT2D eigenvalue weighted by atomic mass is 10.2. The van der Waals surface area contributed by atoms with Crippen LogP contribution < -0.4 is 10.1 Å². The normalized spacial score (nSPS) is 10.7. The number of halogens is 2. The standard InChI is InChI=1S/C20H19Cl2N3O2/c1-13-18(20(26)23-11-14-6-5-8-16(10-14)27-2)19(22)25(24-13)12-15-7-3-4-9-17(15)21/h3-10H,11-12H2,1-2H3,(H,23,26). The van der Waals surface area contributed by atoms with Crippen LogP contribution in [0.2, 0.25) is 10.2 Å². The molecule has 0 unspecified atom stereocenters. The fraction of sp³-hybridized carbons (Fsp3) is 0.200. The largest absolute Gasteiger partial charge is 0.497 e. The molecule has 1 N–H and O–H groups in total. The average molecular weight is 404 g/mol. The zero-order valence-corrected chi connectivity index (χ0v) is 16.5. The average Bonchev–Trinajstić information content (AvgIpc) is 2.95. The quantitative estimate of drug-likeness (QED) is 0.659. The Balaban J connectivity index is 1.75. The van der Waals surface area contributed by atoms with E-state index in [9.17, 15) is 4.79 Å². The number of hydrogen-bond acceptors (Lipinski definition) is 3. The molecule has 0 radical (unpaired) electrons. The van der Waals surface area contributed by atoms with Crippen LogP contribution in [0.15, 0.2) is 48.5 Å². The summed E-state index contributed by atoms with van der Waals surface area (Å²) >= 11 is 12.6. The van der Waals surface area contributed by atoms with E-state index in [0.29, 0.717) is 29.4 Å². The number of nitrogens with one attached hydrogen (secondary N) is 1. The molecule has 0 saturated heterocycles. The molecule has 0 bridgehead atoms. The Morgan fingerprint density at radius 2 is 1.96 bits per heavy atom. The lowest BCUT2D eigenvalue weighted by molar-refractivity contribution is 0.0950. The van der Waals surface area contributed by atoms with Gasteiger partial charge in [0.25, 0.3) is 5.91 Å². The minimum Gasteiger partial charge on any atom is -0.497 e. The number of carbonyl (C=O) groups excluding carboxylic acids is 1. The van der Waals surface area contributed by atoms with E-state index in [2.05, 4.69) is 10.4 Å². The van der Waals surface area contributed by atoms with Gasteiger partial charge in [0, 0.05) is 11.6 Å². The fourth-order valence-electron chi connectivity index (χ4n) is 2.76. The molecule has 0 atom stereocenters. The first-order valence-corrected chi connectivity index (χ1v) is 9.12. The van der Waals surface area contributed by atoms with Crippen LogP contribution in [-0.2, 0) is 13.1 Å². The second kappa shape index (κ2) is 8.46. The second-order valence-electron chi connectivity index (χ2n) is 6.03. The van der Waals surface area contributed by atoms with Crippen molar-refractivity contribution in [2.24, 2.45) is 0 Å². The highest BCUT2D eigenvalue weighted by Gasteiger charge is 2.20. The molecule has 7 heteroatoms. The molecule has 1 heterocycles. The summed E-state index contributed by atoms with van der Waals surface area (Å²) in [5, 5.41) is 8.19. The summed E-state index contributed by atoms with van der Waals surface area (Å²) in [6, 6.07) is 15.0. The summed E-state index contributed by atoms with van der Waals surface area (Å²) in [4.78, 5) is 12.6. The minimum absolute atomic E-state index is 0.272. The van der Waals surface area contributed by atoms with Gasteiger partial charge in [-0.1, -0.05) is 53.5 Å². The maximum atomic E-state index is 12.6. The van der Waals surface area contributed by atoms with Crippen molar-refractivity contribution < 1.29 is 9.53 Å². The molecule has 1 aromatic heterocycles. The third-order valence-electron chi connectivity index (χ3n) is 4.16. The number of rotatable bonds is 6. The van der Waals surface area contributed by atoms with Crippen LogP contribution in [0.4, 0.5) is 0 Å². The van der Waals surface area contributed by atoms with Crippen molar-refractivity contribution in [2.75, 3.05) is 7.11 Å². The topological polar surface area (TPSA) is 56.1 Å². The Morgan fingerprint density at radius 1 is 1.19 bits per heavy atom. The van der Waals surface area contributed by atoms with Gasteiger partial charge in [-0.15, -0.1) is 0 Å². The van der Waals surface area contributed by atoms with E-state index in [0.717, 1.165) is 16.9 Å². The molecule has 0 aliphatic heterocycles. The number of nitrogens with zero attached hydrogens (tertiary/aromatic N) is 2. The van der Waals surface area contributed by atoms with Gasteiger partial charge in [0.1, 0.15) is 10.9 Å². The van der Waals surface area contributed by atoms with Crippen LogP contribution in [0.3, 0.4) is 0 Å². The fourth-order valence-corrected chi connectivity index (χ4v) is 3.27. The molecule has 5 nitrogen and oxygen atoms in total. The van der Waals surface area contributed by atoms with Crippen molar-refractivity contribution in [1.29, 1.82) is 0 Å². The number of hydrogen-bond donors (Lipinski definition) is 1. The van der Waals surface area contributed by atoms with Crippen molar-refractivity contribution >= 4 is 29.1 Å². The number of carbonyl (C=O) groups is 1. The predicted octanol–water partition coefficient (Wildman–Crippen LogP) is 4.49. The van der Waals surface area contributed by atoms with E-state index in [1.165, 1.54) is 0 Å². The highest BCUT2D eigenvalue weighted by Crippen LogP contribution is 2.23. The number of aryl methyl sites for hydroxylation is 1. The minimum atomic E-state index is -0.272. The molecule has 0 spiro atoms. The van der Waals surface area contributed by atoms with Crippen LogP contribution in [-0.4, -0.2) is 22.8 Å². The Labute approximate surface area is 167 Å². The molecular formula is C20H19Cl2N3O2. The number of aromatic nitrogens is 2. The Hall–Kier alpha value is -2.50. The van der Waals surface area contributed by atoms with Crippen molar-refractivity contribution in [3.63, 3.8) is 0 Å². The van der Waals surface area contributed by atoms with Gasteiger partial charge in [-0.2, -0.15) is 5.10 Å². The van der Waals surface area contributed by atoms with Crippen molar-refractivity contribution in [1.82, 2.24) is 15.1 Å². The van der Waals surface area contributed by atoms with Crippen LogP contribution in [0, 0.1) is 6.92 Å². The summed E-state index contributed by atoms with van der Waals surface area (Å²) in [6.07, 6.45) is 0. The molecular weight excluding hydrogens is 385 g/mol. The monoisotopic (exact) mass is 403 g/mol. The number of methoxy groups -OCH3 is 1. The summed E-state index contributed by atoms with van der Waals surface area (Å²) < 4.78 is 6.78. The van der Waals surface area contributed by atoms with E-state index < -0.39 is 0 Å². The van der Waals surface area contributed by atoms with Crippen LogP contribution in [0.5, 0.6) is 5.75 Å². The second-order valence-corrected chi connectivity index (χ2v) is 6.80. The molecule has 3 rings (SSSR count). The van der Waals surface area contributed by atoms with Crippen LogP contribution >= 0.6 is 23.2 Å². The zero-order valence-electron chi connectivity index (χ0n) is 15.0. The molecule has 2 aromatic carbocycles. The van der Waals surface area contributed by atoms with E-state index in [1.54, 1.807) is 18.7 Å². The summed E-state index contributed by atoms with van der Waals surface area (Å²) in [5.74, 6) is 0.467. The molecule has 0 aliphatic carbocycles. The Kier molecular flexibility index (Phi) is 6.04. The van der Waals surface area contributed by atoms with Crippen molar-refractivity contribution in [3.05, 3.63) is 81.1 Å². The predicted molar refractivity (Wildman–Crippen MR) is 107 cm³/mol. The van der Waals surface area contributed by atoms with E-state index >= 15 is 0 Å². The van der Waals surface area contributed by atoms with Gasteiger partial charge in [0.15, 0.2) is 0 Å². The van der Waals surface area contributed by atoms with Crippen LogP contribution in [0.25, 0.3) is 0 Å². The number of benzene rings is 2. The molecule has 1 amide bonds. The van der Waals surface area contributed by atoms with Crippen molar-refractivity contribution in [3.8, 4) is 5.75 Å². The molecule has 0 fully saturated rings. The van der Waals surface area contributed by atoms with Gasteiger partial charge < -0.3 is 10.1 Å². The highest BCUT2D eigenvalue weighted by molar-refractivity contribution is 6.33. The lowest BCUT2D eigenvalue weighted by Gasteiger charge is -2.08. The van der Waals surface area contributed by atoms with E-state index in [-0.39, 0.29) is 11.1 Å². The Bertz CT molecular complexity index is 970. The number of ether oxygens (including phenoxy) is 1. The van der Waals surface area contributed by atoms with Crippen molar-refractivity contribution in [2.45, 2.75) is 20.0 Å². The van der Waals surface area contributed by atoms with Gasteiger partial charge in [-0.3, -0.25) is 4.79 Å². The maximum Gasteiger partial charge on any atom is 0.256 e. The summed E-state index contributed by atoms with van der Waals surface area (Å²) in [7, 11) is 1.61. The van der Waals surface area contributed by atoms with E-state index in [4.69, 9.17) is 27.9 Å². The van der Waals surface area contributed by atoms with E-state index in [1.807, 2.05) is 48.5 Å². The third-order valence-corrected chi connectivity index (χ3v) is 4.91. The molecule has 0 saturated carbocycles. The van der Waals surface area contributed by atoms with Gasteiger partial charge in [-0.05, 0) is 36.2 Å². The Morgan fingerprint density at radius 3 is 2.70 bits per heavy atom. The molecule has 140 valence electrons. The smallest absolute Gasteiger partial charge is 0.256 e. The van der Waals surface area contributed by atoms with Gasteiger partial charge in [-0.25, -0.2) is 4.68 Å². The van der Waals surface area contributed by atoms with Gasteiger partial charge in [0.2, 0.25) is 0 Å². The lowest BCUT2D eigenvalue weighted by Crippen LogP contribution is -2.23. The summed E-state index contributed by atoms with van der Waals surface area (Å²) in [5.41, 5.74) is 2.74. The zero-order chi connectivity index (χ0) is 19.4. The molecule has 3 aromatic rings. The van der Waals surface area contributed by atoms with Crippen LogP contribution in [0.1, 0.15) is 27.2 Å².